The molecule has 2 atom stereocenters. The second-order valence-corrected chi connectivity index (χ2v) is 8.83. The number of halogens is 1. The third-order valence-corrected chi connectivity index (χ3v) is 6.78. The van der Waals surface area contributed by atoms with Gasteiger partial charge in [-0.2, -0.15) is 0 Å². The first-order valence-electron chi connectivity index (χ1n) is 11.9. The predicted octanol–water partition coefficient (Wildman–Crippen LogP) is 5.84. The van der Waals surface area contributed by atoms with E-state index >= 15 is 0 Å². The van der Waals surface area contributed by atoms with E-state index in [0.717, 1.165) is 23.2 Å². The molecule has 6 nitrogen and oxygen atoms in total. The average molecular weight is 471 g/mol. The lowest BCUT2D eigenvalue weighted by atomic mass is 10.0. The summed E-state index contributed by atoms with van der Waals surface area (Å²) in [6, 6.07) is 20.5. The van der Waals surface area contributed by atoms with E-state index in [9.17, 15) is 14.0 Å². The van der Waals surface area contributed by atoms with Crippen molar-refractivity contribution in [2.75, 3.05) is 5.32 Å². The summed E-state index contributed by atoms with van der Waals surface area (Å²) in [7, 11) is 0. The molecule has 2 unspecified atom stereocenters. The summed E-state index contributed by atoms with van der Waals surface area (Å²) in [5.74, 6) is 0.0298. The van der Waals surface area contributed by atoms with Crippen LogP contribution in [0.1, 0.15) is 49.3 Å². The molecule has 5 rings (SSSR count). The van der Waals surface area contributed by atoms with E-state index in [1.807, 2.05) is 68.4 Å². The van der Waals surface area contributed by atoms with Gasteiger partial charge in [0.25, 0.3) is 5.56 Å². The van der Waals surface area contributed by atoms with Gasteiger partial charge in [-0.05, 0) is 49.1 Å². The first kappa shape index (κ1) is 22.8. The van der Waals surface area contributed by atoms with Crippen LogP contribution in [-0.2, 0) is 13.0 Å². The zero-order valence-corrected chi connectivity index (χ0v) is 19.7. The highest BCUT2D eigenvalue weighted by Gasteiger charge is 2.37. The number of fused-ring (bicyclic) bond motifs is 2. The minimum atomic E-state index is -0.452. The molecule has 0 bridgehead atoms. The van der Waals surface area contributed by atoms with Crippen LogP contribution in [0.25, 0.3) is 10.9 Å². The number of nitrogens with zero attached hydrogens (tertiary/aromatic N) is 3. The van der Waals surface area contributed by atoms with Crippen LogP contribution in [0.3, 0.4) is 0 Å². The predicted molar refractivity (Wildman–Crippen MR) is 135 cm³/mol. The molecule has 0 saturated heterocycles. The van der Waals surface area contributed by atoms with E-state index in [2.05, 4.69) is 10.3 Å². The van der Waals surface area contributed by atoms with Gasteiger partial charge in [-0.15, -0.1) is 0 Å². The van der Waals surface area contributed by atoms with Crippen LogP contribution >= 0.6 is 0 Å². The molecule has 1 aliphatic heterocycles. The van der Waals surface area contributed by atoms with Gasteiger partial charge in [-0.1, -0.05) is 55.5 Å². The number of benzene rings is 3. The number of anilines is 1. The summed E-state index contributed by atoms with van der Waals surface area (Å²) >= 11 is 0. The molecule has 178 valence electrons. The van der Waals surface area contributed by atoms with E-state index < -0.39 is 11.9 Å². The van der Waals surface area contributed by atoms with Gasteiger partial charge in [-0.25, -0.2) is 14.2 Å². The zero-order chi connectivity index (χ0) is 24.5. The van der Waals surface area contributed by atoms with Crippen LogP contribution in [0.5, 0.6) is 0 Å². The molecule has 0 fully saturated rings. The Hall–Kier alpha value is -4.00. The molecule has 4 aromatic rings. The van der Waals surface area contributed by atoms with Gasteiger partial charge in [0.05, 0.1) is 23.0 Å². The Labute approximate surface area is 203 Å². The number of aryl methyl sites for hydroxylation is 1. The van der Waals surface area contributed by atoms with E-state index in [0.29, 0.717) is 29.7 Å². The molecule has 2 amide bonds. The zero-order valence-electron chi connectivity index (χ0n) is 19.7. The highest BCUT2D eigenvalue weighted by Crippen LogP contribution is 2.37. The molecule has 2 heterocycles. The summed E-state index contributed by atoms with van der Waals surface area (Å²) in [5, 5.41) is 3.47. The first-order valence-corrected chi connectivity index (χ1v) is 11.9. The van der Waals surface area contributed by atoms with Crippen LogP contribution in [0.15, 0.2) is 77.6 Å². The molecule has 0 spiro atoms. The normalized spacial score (nSPS) is 15.6. The molecule has 3 aromatic carbocycles. The number of amides is 2. The van der Waals surface area contributed by atoms with Crippen molar-refractivity contribution in [2.24, 2.45) is 0 Å². The number of rotatable bonds is 5. The Morgan fingerprint density at radius 1 is 1.14 bits per heavy atom. The summed E-state index contributed by atoms with van der Waals surface area (Å²) < 4.78 is 15.6. The maximum absolute atomic E-state index is 13.9. The van der Waals surface area contributed by atoms with Crippen LogP contribution in [0.4, 0.5) is 14.9 Å². The lowest BCUT2D eigenvalue weighted by Gasteiger charge is -2.34. The molecular formula is C28H27FN4O2. The number of aromatic nitrogens is 2. The molecule has 7 heteroatoms. The van der Waals surface area contributed by atoms with Gasteiger partial charge in [-0.3, -0.25) is 9.36 Å². The first-order chi connectivity index (χ1) is 17.0. The van der Waals surface area contributed by atoms with E-state index in [4.69, 9.17) is 0 Å². The molecular weight excluding hydrogens is 443 g/mol. The van der Waals surface area contributed by atoms with Crippen LogP contribution in [-0.4, -0.2) is 20.5 Å². The molecule has 0 radical (unpaired) electrons. The monoisotopic (exact) mass is 470 g/mol. The molecule has 0 aliphatic carbocycles. The number of hydrogen-bond acceptors (Lipinski definition) is 3. The van der Waals surface area contributed by atoms with Gasteiger partial charge < -0.3 is 10.2 Å². The van der Waals surface area contributed by atoms with Gasteiger partial charge in [0.2, 0.25) is 0 Å². The van der Waals surface area contributed by atoms with Gasteiger partial charge in [0.1, 0.15) is 11.6 Å². The van der Waals surface area contributed by atoms with Gasteiger partial charge >= 0.3 is 6.03 Å². The fourth-order valence-electron chi connectivity index (χ4n) is 4.94. The van der Waals surface area contributed by atoms with Crippen molar-refractivity contribution in [2.45, 2.75) is 45.3 Å². The minimum Gasteiger partial charge on any atom is -0.308 e. The quantitative estimate of drug-likeness (QED) is 0.399. The number of para-hydroxylation sites is 1. The van der Waals surface area contributed by atoms with Crippen molar-refractivity contribution in [1.29, 1.82) is 0 Å². The molecule has 1 N–H and O–H groups in total. The second kappa shape index (κ2) is 9.33. The van der Waals surface area contributed by atoms with Crippen molar-refractivity contribution >= 4 is 22.6 Å². The number of urea groups is 1. The Balaban J connectivity index is 1.60. The van der Waals surface area contributed by atoms with E-state index in [-0.39, 0.29) is 17.6 Å². The van der Waals surface area contributed by atoms with Gasteiger partial charge in [0, 0.05) is 18.3 Å². The smallest absolute Gasteiger partial charge is 0.308 e. The summed E-state index contributed by atoms with van der Waals surface area (Å²) in [6.07, 6.45) is 1.33. The summed E-state index contributed by atoms with van der Waals surface area (Å²) in [6.45, 7) is 4.46. The molecule has 1 aliphatic rings. The van der Waals surface area contributed by atoms with Crippen molar-refractivity contribution in [3.8, 4) is 0 Å². The number of carbonyl (C=O) groups excluding carboxylic acids is 1. The van der Waals surface area contributed by atoms with Crippen molar-refractivity contribution in [3.63, 3.8) is 0 Å². The minimum absolute atomic E-state index is 0.212. The lowest BCUT2D eigenvalue weighted by molar-refractivity contribution is 0.159. The summed E-state index contributed by atoms with van der Waals surface area (Å²) in [4.78, 5) is 33.4. The van der Waals surface area contributed by atoms with Crippen molar-refractivity contribution in [3.05, 3.63) is 106 Å². The van der Waals surface area contributed by atoms with E-state index in [1.54, 1.807) is 9.47 Å². The fourth-order valence-corrected chi connectivity index (χ4v) is 4.94. The Morgan fingerprint density at radius 2 is 1.89 bits per heavy atom. The van der Waals surface area contributed by atoms with Crippen LogP contribution in [0.2, 0.25) is 0 Å². The molecule has 1 aromatic heterocycles. The SMILES string of the molecule is CCc1ccccc1NC(=O)N(C(C)c1ccccc1)C1CCn2c1nc1cc(F)ccc1c2=O. The van der Waals surface area contributed by atoms with Crippen LogP contribution in [0, 0.1) is 5.82 Å². The van der Waals surface area contributed by atoms with Crippen molar-refractivity contribution < 1.29 is 9.18 Å². The Morgan fingerprint density at radius 3 is 2.66 bits per heavy atom. The van der Waals surface area contributed by atoms with Crippen LogP contribution < -0.4 is 10.9 Å². The van der Waals surface area contributed by atoms with Gasteiger partial charge in [0.15, 0.2) is 0 Å². The molecule has 35 heavy (non-hydrogen) atoms. The number of hydrogen-bond donors (Lipinski definition) is 1. The highest BCUT2D eigenvalue weighted by molar-refractivity contribution is 5.91. The Kier molecular flexibility index (Phi) is 6.07. The lowest BCUT2D eigenvalue weighted by Crippen LogP contribution is -2.40. The maximum Gasteiger partial charge on any atom is 0.322 e. The average Bonchev–Trinajstić information content (AvgIpc) is 3.28. The highest BCUT2D eigenvalue weighted by atomic mass is 19.1. The largest absolute Gasteiger partial charge is 0.322 e. The summed E-state index contributed by atoms with van der Waals surface area (Å²) in [5.41, 5.74) is 2.86. The third-order valence-electron chi connectivity index (χ3n) is 6.78. The number of carbonyl (C=O) groups is 1. The van der Waals surface area contributed by atoms with Crippen molar-refractivity contribution in [1.82, 2.24) is 14.5 Å². The third kappa shape index (κ3) is 4.18. The van der Waals surface area contributed by atoms with E-state index in [1.165, 1.54) is 18.2 Å². The fraction of sp³-hybridized carbons (Fsp3) is 0.250. The number of nitrogens with one attached hydrogen (secondary N) is 1. The maximum atomic E-state index is 13.9. The second-order valence-electron chi connectivity index (χ2n) is 8.83. The topological polar surface area (TPSA) is 67.2 Å². The Bertz CT molecular complexity index is 1450. The molecule has 0 saturated carbocycles. The standard InChI is InChI=1S/C28H27FN4O2/c1-3-19-9-7-8-12-23(19)31-28(35)33(18(2)20-10-5-4-6-11-20)25-15-16-32-26(25)30-24-17-21(29)13-14-22(24)27(32)34/h4-14,17-18,25H,3,15-16H2,1-2H3,(H,31,35).